The Kier molecular flexibility index (Phi) is 1.59. The van der Waals surface area contributed by atoms with E-state index in [4.69, 9.17) is 14.2 Å². The Balaban J connectivity index is 1.80. The summed E-state index contributed by atoms with van der Waals surface area (Å²) < 4.78 is 18.0. The maximum Gasteiger partial charge on any atom is 0.173 e. The maximum absolute atomic E-state index is 6.03. The van der Waals surface area contributed by atoms with E-state index in [2.05, 4.69) is 9.88 Å². The molecule has 3 aliphatic rings. The Morgan fingerprint density at radius 3 is 1.50 bits per heavy atom. The van der Waals surface area contributed by atoms with Gasteiger partial charge in [0.05, 0.1) is 12.4 Å². The molecule has 3 aliphatic heterocycles. The molecule has 0 N–H and O–H groups in total. The van der Waals surface area contributed by atoms with Gasteiger partial charge in [-0.3, -0.25) is 9.88 Å². The van der Waals surface area contributed by atoms with Gasteiger partial charge in [-0.05, 0) is 24.3 Å². The molecule has 6 rings (SSSR count). The van der Waals surface area contributed by atoms with Crippen LogP contribution in [0.15, 0.2) is 48.8 Å². The van der Waals surface area contributed by atoms with Gasteiger partial charge in [0.2, 0.25) is 0 Å². The van der Waals surface area contributed by atoms with E-state index < -0.39 is 0 Å². The van der Waals surface area contributed by atoms with Crippen molar-refractivity contribution in [3.8, 4) is 34.5 Å². The van der Waals surface area contributed by atoms with E-state index in [-0.39, 0.29) is 0 Å². The molecule has 0 aliphatic carbocycles. The number of benzene rings is 2. The summed E-state index contributed by atoms with van der Waals surface area (Å²) in [5, 5.41) is 0. The van der Waals surface area contributed by atoms with Gasteiger partial charge in [0.1, 0.15) is 17.1 Å². The minimum Gasteiger partial charge on any atom is -0.453 e. The van der Waals surface area contributed by atoms with E-state index >= 15 is 0 Å². The standard InChI is InChI=1S/C17H8N2O3/c1-3-9-15-11(5-1)21-13-7-18-8-14-17(13)19(15)16-10(20-9)4-2-6-12(16)22-14/h1-8H. The van der Waals surface area contributed by atoms with Crippen molar-refractivity contribution in [3.63, 3.8) is 0 Å². The molecule has 5 nitrogen and oxygen atoms in total. The largest absolute Gasteiger partial charge is 0.453 e. The summed E-state index contributed by atoms with van der Waals surface area (Å²) in [5.74, 6) is 4.43. The molecule has 22 heavy (non-hydrogen) atoms. The molecule has 0 saturated carbocycles. The third-order valence-electron chi connectivity index (χ3n) is 4.10. The zero-order valence-corrected chi connectivity index (χ0v) is 11.2. The molecule has 3 aromatic rings. The lowest BCUT2D eigenvalue weighted by Gasteiger charge is -2.41. The van der Waals surface area contributed by atoms with Crippen LogP contribution in [0.2, 0.25) is 0 Å². The van der Waals surface area contributed by atoms with Crippen LogP contribution in [0.25, 0.3) is 0 Å². The molecule has 0 amide bonds. The number of para-hydroxylation sites is 2. The van der Waals surface area contributed by atoms with Crippen molar-refractivity contribution < 1.29 is 14.2 Å². The van der Waals surface area contributed by atoms with E-state index in [1.807, 2.05) is 36.4 Å². The minimum absolute atomic E-state index is 0.685. The first kappa shape index (κ1) is 10.5. The highest BCUT2D eigenvalue weighted by atomic mass is 16.5. The van der Waals surface area contributed by atoms with Gasteiger partial charge in [0.15, 0.2) is 34.5 Å². The molecule has 0 radical (unpaired) electrons. The summed E-state index contributed by atoms with van der Waals surface area (Å²) in [5.41, 5.74) is 2.69. The molecule has 1 aromatic heterocycles. The Labute approximate surface area is 125 Å². The van der Waals surface area contributed by atoms with Crippen molar-refractivity contribution in [2.45, 2.75) is 0 Å². The normalized spacial score (nSPS) is 14.5. The molecule has 104 valence electrons. The maximum atomic E-state index is 6.03. The van der Waals surface area contributed by atoms with E-state index in [0.29, 0.717) is 11.5 Å². The summed E-state index contributed by atoms with van der Waals surface area (Å²) in [7, 11) is 0. The quantitative estimate of drug-likeness (QED) is 0.399. The lowest BCUT2D eigenvalue weighted by Crippen LogP contribution is -2.23. The molecule has 0 bridgehead atoms. The summed E-state index contributed by atoms with van der Waals surface area (Å²) in [4.78, 5) is 6.36. The lowest BCUT2D eigenvalue weighted by molar-refractivity contribution is 0.415. The van der Waals surface area contributed by atoms with Crippen molar-refractivity contribution in [3.05, 3.63) is 48.8 Å². The van der Waals surface area contributed by atoms with Crippen LogP contribution >= 0.6 is 0 Å². The van der Waals surface area contributed by atoms with Gasteiger partial charge in [0, 0.05) is 0 Å². The van der Waals surface area contributed by atoms with E-state index in [1.54, 1.807) is 12.4 Å². The van der Waals surface area contributed by atoms with Gasteiger partial charge in [-0.1, -0.05) is 12.1 Å². The van der Waals surface area contributed by atoms with Gasteiger partial charge in [-0.25, -0.2) is 0 Å². The number of aromatic nitrogens is 1. The van der Waals surface area contributed by atoms with E-state index in [9.17, 15) is 0 Å². The predicted octanol–water partition coefficient (Wildman–Crippen LogP) is 4.87. The van der Waals surface area contributed by atoms with Crippen LogP contribution in [0.3, 0.4) is 0 Å². The fourth-order valence-corrected chi connectivity index (χ4v) is 3.25. The van der Waals surface area contributed by atoms with Gasteiger partial charge in [-0.2, -0.15) is 0 Å². The number of ether oxygens (including phenoxy) is 3. The highest BCUT2D eigenvalue weighted by Crippen LogP contribution is 2.65. The fraction of sp³-hybridized carbons (Fsp3) is 0. The first-order valence-electron chi connectivity index (χ1n) is 6.98. The molecular formula is C17H8N2O3. The molecule has 0 fully saturated rings. The SMILES string of the molecule is c1cc2c3c(c1)Oc1cncc4c1N3c1c(cccc1O4)O2. The monoisotopic (exact) mass is 288 g/mol. The van der Waals surface area contributed by atoms with Crippen molar-refractivity contribution in [2.24, 2.45) is 0 Å². The highest BCUT2D eigenvalue weighted by Gasteiger charge is 2.41. The smallest absolute Gasteiger partial charge is 0.173 e. The highest BCUT2D eigenvalue weighted by molar-refractivity contribution is 5.99. The predicted molar refractivity (Wildman–Crippen MR) is 79.1 cm³/mol. The molecule has 5 heteroatoms. The second kappa shape index (κ2) is 3.33. The van der Waals surface area contributed by atoms with Crippen LogP contribution in [0.5, 0.6) is 34.5 Å². The van der Waals surface area contributed by atoms with Crippen LogP contribution < -0.4 is 19.1 Å². The fourth-order valence-electron chi connectivity index (χ4n) is 3.25. The summed E-state index contributed by atoms with van der Waals surface area (Å²) >= 11 is 0. The topological polar surface area (TPSA) is 43.8 Å². The average Bonchev–Trinajstić information content (AvgIpc) is 2.55. The van der Waals surface area contributed by atoms with Gasteiger partial charge < -0.3 is 14.2 Å². The Morgan fingerprint density at radius 1 is 0.591 bits per heavy atom. The zero-order chi connectivity index (χ0) is 14.3. The number of nitrogens with zero attached hydrogens (tertiary/aromatic N) is 2. The van der Waals surface area contributed by atoms with Gasteiger partial charge in [0.25, 0.3) is 0 Å². The number of hydrogen-bond acceptors (Lipinski definition) is 5. The summed E-state index contributed by atoms with van der Waals surface area (Å²) in [6, 6.07) is 11.6. The molecule has 0 saturated heterocycles. The number of pyridine rings is 1. The van der Waals surface area contributed by atoms with Crippen molar-refractivity contribution in [2.75, 3.05) is 4.90 Å². The van der Waals surface area contributed by atoms with Crippen LogP contribution in [-0.4, -0.2) is 4.98 Å². The van der Waals surface area contributed by atoms with Crippen LogP contribution in [0, 0.1) is 0 Å². The summed E-state index contributed by atoms with van der Waals surface area (Å²) in [6.45, 7) is 0. The lowest BCUT2D eigenvalue weighted by atomic mass is 10.1. The minimum atomic E-state index is 0.685. The van der Waals surface area contributed by atoms with Crippen LogP contribution in [0.4, 0.5) is 17.1 Å². The van der Waals surface area contributed by atoms with Crippen LogP contribution in [-0.2, 0) is 0 Å². The molecule has 4 heterocycles. The first-order valence-corrected chi connectivity index (χ1v) is 6.98. The Hall–Kier alpha value is -3.21. The molecule has 0 spiro atoms. The third-order valence-corrected chi connectivity index (χ3v) is 4.10. The second-order valence-electron chi connectivity index (χ2n) is 5.33. The van der Waals surface area contributed by atoms with Crippen molar-refractivity contribution in [1.82, 2.24) is 4.98 Å². The molecule has 0 atom stereocenters. The Morgan fingerprint density at radius 2 is 1.00 bits per heavy atom. The second-order valence-corrected chi connectivity index (χ2v) is 5.33. The van der Waals surface area contributed by atoms with E-state index in [0.717, 1.165) is 40.1 Å². The van der Waals surface area contributed by atoms with Gasteiger partial charge >= 0.3 is 0 Å². The van der Waals surface area contributed by atoms with Crippen molar-refractivity contribution in [1.29, 1.82) is 0 Å². The van der Waals surface area contributed by atoms with Gasteiger partial charge in [-0.15, -0.1) is 0 Å². The average molecular weight is 288 g/mol. The number of hydrogen-bond donors (Lipinski definition) is 0. The molecule has 2 aromatic carbocycles. The molecule has 0 unspecified atom stereocenters. The van der Waals surface area contributed by atoms with E-state index in [1.165, 1.54) is 0 Å². The number of anilines is 3. The first-order chi connectivity index (χ1) is 10.9. The zero-order valence-electron chi connectivity index (χ0n) is 11.2. The third kappa shape index (κ3) is 1.06. The number of rotatable bonds is 0. The Bertz CT molecular complexity index is 796. The molecular weight excluding hydrogens is 280 g/mol. The van der Waals surface area contributed by atoms with Crippen molar-refractivity contribution >= 4 is 17.1 Å². The summed E-state index contributed by atoms with van der Waals surface area (Å²) in [6.07, 6.45) is 3.42. The van der Waals surface area contributed by atoms with Crippen LogP contribution in [0.1, 0.15) is 0 Å².